The Morgan fingerprint density at radius 2 is 1.81 bits per heavy atom. The molecule has 1 aliphatic heterocycles. The quantitative estimate of drug-likeness (QED) is 0.548. The maximum absolute atomic E-state index is 12.4. The van der Waals surface area contributed by atoms with Crippen LogP contribution in [-0.4, -0.2) is 61.6 Å². The van der Waals surface area contributed by atoms with Gasteiger partial charge in [-0.25, -0.2) is 14.6 Å². The molecule has 0 saturated carbocycles. The molecule has 2 rings (SSSR count). The SMILES string of the molecule is CCOC(=O)c1sc(NC(=S)NN2CCOCC2)c(C(=O)OCC)c1C. The van der Waals surface area contributed by atoms with Crippen molar-refractivity contribution >= 4 is 45.6 Å². The molecule has 1 saturated heterocycles. The molecule has 0 aromatic carbocycles. The fourth-order valence-electron chi connectivity index (χ4n) is 2.39. The fourth-order valence-corrected chi connectivity index (χ4v) is 3.78. The van der Waals surface area contributed by atoms with Gasteiger partial charge in [-0.15, -0.1) is 11.3 Å². The van der Waals surface area contributed by atoms with Gasteiger partial charge in [0.1, 0.15) is 9.88 Å². The van der Waals surface area contributed by atoms with Crippen molar-refractivity contribution in [3.63, 3.8) is 0 Å². The molecule has 2 N–H and O–H groups in total. The normalized spacial score (nSPS) is 14.6. The molecule has 0 spiro atoms. The zero-order chi connectivity index (χ0) is 19.1. The van der Waals surface area contributed by atoms with E-state index in [1.807, 2.05) is 5.01 Å². The summed E-state index contributed by atoms with van der Waals surface area (Å²) >= 11 is 6.45. The molecule has 1 aromatic rings. The molecule has 10 heteroatoms. The van der Waals surface area contributed by atoms with Gasteiger partial charge < -0.3 is 19.5 Å². The Balaban J connectivity index is 2.21. The van der Waals surface area contributed by atoms with E-state index in [2.05, 4.69) is 10.7 Å². The van der Waals surface area contributed by atoms with E-state index in [9.17, 15) is 9.59 Å². The van der Waals surface area contributed by atoms with Crippen molar-refractivity contribution in [2.24, 2.45) is 0 Å². The van der Waals surface area contributed by atoms with Crippen molar-refractivity contribution in [3.8, 4) is 0 Å². The van der Waals surface area contributed by atoms with E-state index in [1.54, 1.807) is 20.8 Å². The number of nitrogens with zero attached hydrogens (tertiary/aromatic N) is 1. The summed E-state index contributed by atoms with van der Waals surface area (Å²) in [4.78, 5) is 24.9. The Kier molecular flexibility index (Phi) is 7.76. The molecular formula is C16H23N3O5S2. The lowest BCUT2D eigenvalue weighted by Crippen LogP contribution is -2.49. The number of rotatable bonds is 6. The molecule has 0 aliphatic carbocycles. The Morgan fingerprint density at radius 1 is 1.19 bits per heavy atom. The van der Waals surface area contributed by atoms with Gasteiger partial charge in [0, 0.05) is 13.1 Å². The second kappa shape index (κ2) is 9.81. The summed E-state index contributed by atoms with van der Waals surface area (Å²) < 4.78 is 15.5. The molecular weight excluding hydrogens is 378 g/mol. The fraction of sp³-hybridized carbons (Fsp3) is 0.562. The molecule has 26 heavy (non-hydrogen) atoms. The Labute approximate surface area is 161 Å². The molecule has 144 valence electrons. The molecule has 0 bridgehead atoms. The van der Waals surface area contributed by atoms with E-state index < -0.39 is 11.9 Å². The molecule has 0 radical (unpaired) electrons. The summed E-state index contributed by atoms with van der Waals surface area (Å²) in [5.41, 5.74) is 3.88. The predicted octanol–water partition coefficient (Wildman–Crippen LogP) is 1.94. The summed E-state index contributed by atoms with van der Waals surface area (Å²) in [5.74, 6) is -0.978. The van der Waals surface area contributed by atoms with Crippen LogP contribution in [0.2, 0.25) is 0 Å². The summed E-state index contributed by atoms with van der Waals surface area (Å²) in [5, 5.41) is 5.71. The largest absolute Gasteiger partial charge is 0.462 e. The molecule has 1 aromatic heterocycles. The van der Waals surface area contributed by atoms with E-state index in [-0.39, 0.29) is 13.2 Å². The first-order chi connectivity index (χ1) is 12.5. The van der Waals surface area contributed by atoms with Crippen LogP contribution in [0.3, 0.4) is 0 Å². The Hall–Kier alpha value is -1.75. The van der Waals surface area contributed by atoms with Gasteiger partial charge in [0.25, 0.3) is 0 Å². The van der Waals surface area contributed by atoms with Gasteiger partial charge in [0.15, 0.2) is 5.11 Å². The number of hydrogen-bond acceptors (Lipinski definition) is 8. The number of ether oxygens (including phenoxy) is 3. The van der Waals surface area contributed by atoms with Crippen molar-refractivity contribution in [1.29, 1.82) is 0 Å². The zero-order valence-electron chi connectivity index (χ0n) is 15.0. The van der Waals surface area contributed by atoms with Gasteiger partial charge in [-0.2, -0.15) is 0 Å². The first kappa shape index (κ1) is 20.6. The maximum atomic E-state index is 12.4. The van der Waals surface area contributed by atoms with Gasteiger partial charge in [0.2, 0.25) is 0 Å². The minimum atomic E-state index is -0.506. The van der Waals surface area contributed by atoms with E-state index in [0.717, 1.165) is 11.3 Å². The number of carbonyl (C=O) groups excluding carboxylic acids is 2. The highest BCUT2D eigenvalue weighted by Crippen LogP contribution is 2.34. The smallest absolute Gasteiger partial charge is 0.348 e. The summed E-state index contributed by atoms with van der Waals surface area (Å²) in [7, 11) is 0. The van der Waals surface area contributed by atoms with Crippen LogP contribution in [-0.2, 0) is 14.2 Å². The average Bonchev–Trinajstić information content (AvgIpc) is 2.92. The first-order valence-corrected chi connectivity index (χ1v) is 9.58. The third-order valence-corrected chi connectivity index (χ3v) is 4.97. The predicted molar refractivity (Wildman–Crippen MR) is 103 cm³/mol. The minimum absolute atomic E-state index is 0.235. The van der Waals surface area contributed by atoms with Crippen LogP contribution < -0.4 is 10.7 Å². The number of anilines is 1. The Morgan fingerprint density at radius 3 is 2.42 bits per heavy atom. The highest BCUT2D eigenvalue weighted by atomic mass is 32.1. The van der Waals surface area contributed by atoms with Crippen LogP contribution in [0.4, 0.5) is 5.00 Å². The van der Waals surface area contributed by atoms with Gasteiger partial charge >= 0.3 is 11.9 Å². The molecule has 8 nitrogen and oxygen atoms in total. The van der Waals surface area contributed by atoms with Gasteiger partial charge in [-0.1, -0.05) is 0 Å². The van der Waals surface area contributed by atoms with Crippen LogP contribution in [0.1, 0.15) is 39.4 Å². The minimum Gasteiger partial charge on any atom is -0.462 e. The van der Waals surface area contributed by atoms with Crippen molar-refractivity contribution in [3.05, 3.63) is 16.0 Å². The second-order valence-electron chi connectivity index (χ2n) is 5.37. The van der Waals surface area contributed by atoms with Gasteiger partial charge in [0.05, 0.1) is 32.0 Å². The van der Waals surface area contributed by atoms with E-state index in [4.69, 9.17) is 26.4 Å². The standard InChI is InChI=1S/C16H23N3O5S2/c1-4-23-14(20)11-10(3)12(15(21)24-5-2)26-13(11)17-16(25)18-19-6-8-22-9-7-19/h4-9H2,1-3H3,(H2,17,18,25). The van der Waals surface area contributed by atoms with Crippen molar-refractivity contribution in [2.45, 2.75) is 20.8 Å². The highest BCUT2D eigenvalue weighted by molar-refractivity contribution is 7.80. The monoisotopic (exact) mass is 401 g/mol. The number of nitrogens with one attached hydrogen (secondary N) is 2. The lowest BCUT2D eigenvalue weighted by Gasteiger charge is -2.28. The van der Waals surface area contributed by atoms with Gasteiger partial charge in [-0.05, 0) is 38.6 Å². The van der Waals surface area contributed by atoms with E-state index in [1.165, 1.54) is 0 Å². The number of thiocarbonyl (C=S) groups is 1. The van der Waals surface area contributed by atoms with Gasteiger partial charge in [-0.3, -0.25) is 5.43 Å². The number of carbonyl (C=O) groups is 2. The number of hydrazine groups is 1. The van der Waals surface area contributed by atoms with Crippen LogP contribution in [0.5, 0.6) is 0 Å². The van der Waals surface area contributed by atoms with Crippen molar-refractivity contribution in [2.75, 3.05) is 44.8 Å². The molecule has 0 atom stereocenters. The zero-order valence-corrected chi connectivity index (χ0v) is 16.7. The molecule has 0 amide bonds. The molecule has 1 fully saturated rings. The van der Waals surface area contributed by atoms with E-state index >= 15 is 0 Å². The maximum Gasteiger partial charge on any atom is 0.348 e. The number of hydrogen-bond donors (Lipinski definition) is 2. The Bertz CT molecular complexity index is 671. The third-order valence-electron chi connectivity index (χ3n) is 3.58. The lowest BCUT2D eigenvalue weighted by molar-refractivity contribution is 0.0252. The van der Waals surface area contributed by atoms with Crippen LogP contribution in [0.25, 0.3) is 0 Å². The highest BCUT2D eigenvalue weighted by Gasteiger charge is 2.27. The summed E-state index contributed by atoms with van der Waals surface area (Å²) in [6.07, 6.45) is 0. The number of morpholine rings is 1. The van der Waals surface area contributed by atoms with E-state index in [0.29, 0.717) is 52.4 Å². The molecule has 1 aliphatic rings. The summed E-state index contributed by atoms with van der Waals surface area (Å²) in [6.45, 7) is 8.27. The molecule has 0 unspecified atom stereocenters. The lowest BCUT2D eigenvalue weighted by atomic mass is 10.1. The molecule has 2 heterocycles. The topological polar surface area (TPSA) is 89.1 Å². The average molecular weight is 402 g/mol. The second-order valence-corrected chi connectivity index (χ2v) is 6.80. The third kappa shape index (κ3) is 5.13. The van der Waals surface area contributed by atoms with Crippen molar-refractivity contribution in [1.82, 2.24) is 10.4 Å². The van der Waals surface area contributed by atoms with Crippen molar-refractivity contribution < 1.29 is 23.8 Å². The number of thiophene rings is 1. The number of esters is 2. The summed E-state index contributed by atoms with van der Waals surface area (Å²) in [6, 6.07) is 0. The van der Waals surface area contributed by atoms with Crippen LogP contribution in [0.15, 0.2) is 0 Å². The van der Waals surface area contributed by atoms with Crippen LogP contribution >= 0.6 is 23.6 Å². The van der Waals surface area contributed by atoms with Crippen LogP contribution in [0, 0.1) is 6.92 Å². The first-order valence-electron chi connectivity index (χ1n) is 8.35.